The fraction of sp³-hybridized carbons (Fsp3) is 0.500. The predicted molar refractivity (Wildman–Crippen MR) is 68.1 cm³/mol. The number of aryl methyl sites for hydroxylation is 1. The lowest BCUT2D eigenvalue weighted by Crippen LogP contribution is -2.26. The molecular weight excluding hydrogens is 236 g/mol. The summed E-state index contributed by atoms with van der Waals surface area (Å²) in [6.45, 7) is 2.48. The summed E-state index contributed by atoms with van der Waals surface area (Å²) in [5.74, 6) is 0.524. The van der Waals surface area contributed by atoms with E-state index >= 15 is 0 Å². The van der Waals surface area contributed by atoms with Crippen LogP contribution in [0.4, 0.5) is 5.69 Å². The number of hydrogen-bond donors (Lipinski definition) is 2. The van der Waals surface area contributed by atoms with Crippen molar-refractivity contribution in [3.05, 3.63) is 23.8 Å². The molecule has 0 aromatic heterocycles. The van der Waals surface area contributed by atoms with Crippen molar-refractivity contribution in [3.8, 4) is 0 Å². The summed E-state index contributed by atoms with van der Waals surface area (Å²) in [7, 11) is -3.41. The summed E-state index contributed by atoms with van der Waals surface area (Å²) in [5.41, 5.74) is 6.94. The van der Waals surface area contributed by atoms with Crippen LogP contribution in [-0.4, -0.2) is 15.0 Å². The van der Waals surface area contributed by atoms with Crippen LogP contribution in [0, 0.1) is 5.92 Å². The predicted octanol–water partition coefficient (Wildman–Crippen LogP) is 1.52. The molecular formula is C12H18N2O2S. The van der Waals surface area contributed by atoms with Gasteiger partial charge in [0.2, 0.25) is 10.0 Å². The fourth-order valence-electron chi connectivity index (χ4n) is 1.74. The Kier molecular flexibility index (Phi) is 3.40. The minimum absolute atomic E-state index is 0.320. The second kappa shape index (κ2) is 4.66. The average molecular weight is 254 g/mol. The van der Waals surface area contributed by atoms with Crippen LogP contribution in [0.5, 0.6) is 0 Å². The summed E-state index contributed by atoms with van der Waals surface area (Å²) in [4.78, 5) is 0.320. The molecule has 0 atom stereocenters. The molecule has 0 spiro atoms. The SMILES string of the molecule is CCc1ccc(N)cc1S(=O)(=O)NCC1CC1. The van der Waals surface area contributed by atoms with Gasteiger partial charge in [0.05, 0.1) is 4.90 Å². The molecule has 94 valence electrons. The highest BCUT2D eigenvalue weighted by atomic mass is 32.2. The lowest BCUT2D eigenvalue weighted by Gasteiger charge is -2.11. The monoisotopic (exact) mass is 254 g/mol. The van der Waals surface area contributed by atoms with Crippen LogP contribution in [0.25, 0.3) is 0 Å². The van der Waals surface area contributed by atoms with Gasteiger partial charge in [-0.25, -0.2) is 13.1 Å². The number of benzene rings is 1. The Hall–Kier alpha value is -1.07. The Balaban J connectivity index is 2.26. The molecule has 1 fully saturated rings. The molecule has 1 aliphatic rings. The van der Waals surface area contributed by atoms with Crippen molar-refractivity contribution in [2.75, 3.05) is 12.3 Å². The van der Waals surface area contributed by atoms with Crippen LogP contribution in [0.15, 0.2) is 23.1 Å². The first-order valence-electron chi connectivity index (χ1n) is 5.91. The normalized spacial score (nSPS) is 16.1. The van der Waals surface area contributed by atoms with Crippen LogP contribution in [-0.2, 0) is 16.4 Å². The molecule has 0 amide bonds. The van der Waals surface area contributed by atoms with Crippen molar-refractivity contribution in [2.24, 2.45) is 5.92 Å². The maximum atomic E-state index is 12.1. The van der Waals surface area contributed by atoms with Crippen molar-refractivity contribution in [1.29, 1.82) is 0 Å². The molecule has 1 aliphatic carbocycles. The smallest absolute Gasteiger partial charge is 0.240 e. The minimum atomic E-state index is -3.41. The van der Waals surface area contributed by atoms with E-state index in [0.29, 0.717) is 29.5 Å². The van der Waals surface area contributed by atoms with E-state index in [1.165, 1.54) is 6.07 Å². The van der Waals surface area contributed by atoms with Crippen molar-refractivity contribution in [1.82, 2.24) is 4.72 Å². The number of anilines is 1. The minimum Gasteiger partial charge on any atom is -0.399 e. The van der Waals surface area contributed by atoms with Gasteiger partial charge in [0.25, 0.3) is 0 Å². The molecule has 0 bridgehead atoms. The lowest BCUT2D eigenvalue weighted by atomic mass is 10.1. The molecule has 0 saturated heterocycles. The Morgan fingerprint density at radius 3 is 2.71 bits per heavy atom. The van der Waals surface area contributed by atoms with Crippen molar-refractivity contribution < 1.29 is 8.42 Å². The molecule has 0 aliphatic heterocycles. The zero-order valence-electron chi connectivity index (χ0n) is 9.94. The summed E-state index contributed by atoms with van der Waals surface area (Å²) < 4.78 is 26.9. The van der Waals surface area contributed by atoms with E-state index < -0.39 is 10.0 Å². The summed E-state index contributed by atoms with van der Waals surface area (Å²) in [5, 5.41) is 0. The van der Waals surface area contributed by atoms with Gasteiger partial charge in [0.15, 0.2) is 0 Å². The van der Waals surface area contributed by atoms with E-state index in [1.807, 2.05) is 6.92 Å². The third-order valence-electron chi connectivity index (χ3n) is 3.02. The van der Waals surface area contributed by atoms with Crippen LogP contribution in [0.2, 0.25) is 0 Å². The number of nitrogen functional groups attached to an aromatic ring is 1. The van der Waals surface area contributed by atoms with Crippen LogP contribution in [0.1, 0.15) is 25.3 Å². The van der Waals surface area contributed by atoms with Crippen molar-refractivity contribution in [2.45, 2.75) is 31.1 Å². The van der Waals surface area contributed by atoms with E-state index in [0.717, 1.165) is 18.4 Å². The average Bonchev–Trinajstić information content (AvgIpc) is 3.10. The molecule has 0 unspecified atom stereocenters. The van der Waals surface area contributed by atoms with Gasteiger partial charge in [-0.2, -0.15) is 0 Å². The number of sulfonamides is 1. The van der Waals surface area contributed by atoms with E-state index in [4.69, 9.17) is 5.73 Å². The largest absolute Gasteiger partial charge is 0.399 e. The van der Waals surface area contributed by atoms with Crippen LogP contribution >= 0.6 is 0 Å². The zero-order valence-corrected chi connectivity index (χ0v) is 10.8. The van der Waals surface area contributed by atoms with Gasteiger partial charge in [-0.3, -0.25) is 0 Å². The van der Waals surface area contributed by atoms with E-state index in [2.05, 4.69) is 4.72 Å². The molecule has 4 nitrogen and oxygen atoms in total. The second-order valence-electron chi connectivity index (χ2n) is 4.52. The van der Waals surface area contributed by atoms with Gasteiger partial charge < -0.3 is 5.73 Å². The van der Waals surface area contributed by atoms with Gasteiger partial charge >= 0.3 is 0 Å². The van der Waals surface area contributed by atoms with Gasteiger partial charge in [-0.15, -0.1) is 0 Å². The van der Waals surface area contributed by atoms with E-state index in [1.54, 1.807) is 12.1 Å². The van der Waals surface area contributed by atoms with Crippen molar-refractivity contribution >= 4 is 15.7 Å². The first-order valence-corrected chi connectivity index (χ1v) is 7.39. The number of hydrogen-bond acceptors (Lipinski definition) is 3. The standard InChI is InChI=1S/C12H18N2O2S/c1-2-10-5-6-11(13)7-12(10)17(15,16)14-8-9-3-4-9/h5-7,9,14H,2-4,8,13H2,1H3. The fourth-order valence-corrected chi connectivity index (χ4v) is 3.20. The zero-order chi connectivity index (χ0) is 12.5. The third-order valence-corrected chi connectivity index (χ3v) is 4.53. The molecule has 5 heteroatoms. The van der Waals surface area contributed by atoms with Crippen LogP contribution < -0.4 is 10.5 Å². The number of rotatable bonds is 5. The van der Waals surface area contributed by atoms with Gasteiger partial charge in [-0.05, 0) is 42.9 Å². The maximum absolute atomic E-state index is 12.1. The Labute approximate surface area is 102 Å². The second-order valence-corrected chi connectivity index (χ2v) is 6.25. The van der Waals surface area contributed by atoms with Crippen LogP contribution in [0.3, 0.4) is 0 Å². The van der Waals surface area contributed by atoms with Gasteiger partial charge in [-0.1, -0.05) is 13.0 Å². The molecule has 17 heavy (non-hydrogen) atoms. The topological polar surface area (TPSA) is 72.2 Å². The summed E-state index contributed by atoms with van der Waals surface area (Å²) >= 11 is 0. The molecule has 2 rings (SSSR count). The first-order chi connectivity index (χ1) is 8.03. The van der Waals surface area contributed by atoms with Crippen molar-refractivity contribution in [3.63, 3.8) is 0 Å². The Bertz CT molecular complexity index is 507. The lowest BCUT2D eigenvalue weighted by molar-refractivity contribution is 0.576. The first kappa shape index (κ1) is 12.4. The quantitative estimate of drug-likeness (QED) is 0.782. The number of nitrogens with one attached hydrogen (secondary N) is 1. The molecule has 3 N–H and O–H groups in total. The molecule has 0 heterocycles. The molecule has 1 aromatic carbocycles. The maximum Gasteiger partial charge on any atom is 0.240 e. The van der Waals surface area contributed by atoms with E-state index in [-0.39, 0.29) is 0 Å². The highest BCUT2D eigenvalue weighted by molar-refractivity contribution is 7.89. The molecule has 1 saturated carbocycles. The highest BCUT2D eigenvalue weighted by Crippen LogP contribution is 2.28. The summed E-state index contributed by atoms with van der Waals surface area (Å²) in [6, 6.07) is 5.05. The third kappa shape index (κ3) is 2.98. The van der Waals surface area contributed by atoms with E-state index in [9.17, 15) is 8.42 Å². The highest BCUT2D eigenvalue weighted by Gasteiger charge is 2.25. The number of nitrogens with two attached hydrogens (primary N) is 1. The molecule has 1 aromatic rings. The molecule has 0 radical (unpaired) electrons. The van der Waals surface area contributed by atoms with Gasteiger partial charge in [0.1, 0.15) is 0 Å². The summed E-state index contributed by atoms with van der Waals surface area (Å²) in [6.07, 6.45) is 2.93. The Morgan fingerprint density at radius 2 is 2.12 bits per heavy atom. The Morgan fingerprint density at radius 1 is 1.41 bits per heavy atom. The van der Waals surface area contributed by atoms with Gasteiger partial charge in [0, 0.05) is 12.2 Å².